The number of hydrogen-bond donors (Lipinski definition) is 2. The molecule has 0 bridgehead atoms. The van der Waals surface area contributed by atoms with Crippen molar-refractivity contribution in [1.29, 1.82) is 4.78 Å². The van der Waals surface area contributed by atoms with Crippen LogP contribution in [0.2, 0.25) is 0 Å². The number of nitrogens with one attached hydrogen (secondary N) is 2. The number of allylic oxidation sites excluding steroid dienone is 1. The van der Waals surface area contributed by atoms with E-state index < -0.39 is 16.9 Å². The molecular weight excluding hydrogens is 363 g/mol. The first-order chi connectivity index (χ1) is 12.3. The van der Waals surface area contributed by atoms with Gasteiger partial charge in [0.25, 0.3) is 0 Å². The highest BCUT2D eigenvalue weighted by molar-refractivity contribution is 7.88. The van der Waals surface area contributed by atoms with Gasteiger partial charge in [-0.25, -0.2) is 9.97 Å². The molecule has 2 aromatic rings. The largest absolute Gasteiger partial charge is 0.410 e. The summed E-state index contributed by atoms with van der Waals surface area (Å²) in [6.45, 7) is 0. The minimum absolute atomic E-state index is 0.194. The van der Waals surface area contributed by atoms with Crippen LogP contribution in [0.5, 0.6) is 0 Å². The molecule has 142 valence electrons. The third-order valence-corrected chi connectivity index (χ3v) is 6.16. The number of rotatable bonds is 5. The van der Waals surface area contributed by atoms with Crippen LogP contribution in [-0.2, 0) is 10.7 Å². The minimum Gasteiger partial charge on any atom is -0.356 e. The van der Waals surface area contributed by atoms with Crippen molar-refractivity contribution in [2.75, 3.05) is 17.7 Å². The maximum absolute atomic E-state index is 12.2. The van der Waals surface area contributed by atoms with E-state index in [2.05, 4.69) is 19.9 Å². The van der Waals surface area contributed by atoms with Gasteiger partial charge in [-0.15, -0.1) is 0 Å². The second-order valence-corrected chi connectivity index (χ2v) is 8.13. The number of aromatic amines is 1. The molecule has 0 aromatic carbocycles. The Kier molecular flexibility index (Phi) is 5.64. The predicted molar refractivity (Wildman–Crippen MR) is 98.2 cm³/mol. The lowest BCUT2D eigenvalue weighted by molar-refractivity contribution is -0.0796. The van der Waals surface area contributed by atoms with Gasteiger partial charge in [-0.2, -0.15) is 13.2 Å². The second-order valence-electron chi connectivity index (χ2n) is 6.66. The van der Waals surface area contributed by atoms with Gasteiger partial charge in [0.2, 0.25) is 0 Å². The van der Waals surface area contributed by atoms with Crippen molar-refractivity contribution in [2.24, 2.45) is 5.92 Å². The molecule has 2 N–H and O–H groups in total. The monoisotopic (exact) mass is 385 g/mol. The number of hydrogen-bond acceptors (Lipinski definition) is 4. The summed E-state index contributed by atoms with van der Waals surface area (Å²) in [7, 11) is 0.955. The first-order valence-corrected chi connectivity index (χ1v) is 9.97. The Balaban J connectivity index is 1.56. The lowest BCUT2D eigenvalue weighted by Gasteiger charge is -2.35. The number of H-pyrrole nitrogens is 1. The van der Waals surface area contributed by atoms with Gasteiger partial charge in [-0.3, -0.25) is 4.78 Å². The molecule has 0 saturated heterocycles. The van der Waals surface area contributed by atoms with Crippen molar-refractivity contribution >= 4 is 27.5 Å². The van der Waals surface area contributed by atoms with E-state index in [-0.39, 0.29) is 6.08 Å². The van der Waals surface area contributed by atoms with Crippen LogP contribution in [0.25, 0.3) is 11.0 Å². The second kappa shape index (κ2) is 7.77. The zero-order valence-electron chi connectivity index (χ0n) is 14.5. The summed E-state index contributed by atoms with van der Waals surface area (Å²) < 4.78 is 44.4. The van der Waals surface area contributed by atoms with Crippen molar-refractivity contribution in [2.45, 2.75) is 37.9 Å². The smallest absolute Gasteiger partial charge is 0.356 e. The summed E-state index contributed by atoms with van der Waals surface area (Å²) in [6.07, 6.45) is 3.03. The molecule has 5 nitrogen and oxygen atoms in total. The number of alkyl halides is 3. The summed E-state index contributed by atoms with van der Waals surface area (Å²) in [4.78, 5) is 13.9. The molecule has 1 unspecified atom stereocenters. The Bertz CT molecular complexity index is 793. The lowest BCUT2D eigenvalue weighted by atomic mass is 9.86. The summed E-state index contributed by atoms with van der Waals surface area (Å²) in [5, 5.41) is 1.98. The van der Waals surface area contributed by atoms with Crippen LogP contribution in [0.1, 0.15) is 25.7 Å². The van der Waals surface area contributed by atoms with Gasteiger partial charge in [-0.1, -0.05) is 10.7 Å². The van der Waals surface area contributed by atoms with Crippen molar-refractivity contribution in [1.82, 2.24) is 15.0 Å². The van der Waals surface area contributed by atoms with Crippen molar-refractivity contribution < 1.29 is 13.2 Å². The molecule has 1 atom stereocenters. The van der Waals surface area contributed by atoms with Crippen LogP contribution in [0.4, 0.5) is 19.0 Å². The number of anilines is 1. The maximum atomic E-state index is 12.2. The first-order valence-electron chi connectivity index (χ1n) is 8.51. The van der Waals surface area contributed by atoms with Crippen LogP contribution >= 0.6 is 0 Å². The van der Waals surface area contributed by atoms with E-state index in [1.807, 2.05) is 19.3 Å². The number of fused-ring (bicyclic) bond motifs is 1. The van der Waals surface area contributed by atoms with Crippen LogP contribution in [0.15, 0.2) is 30.1 Å². The summed E-state index contributed by atoms with van der Waals surface area (Å²) in [5.74, 6) is 1.72. The van der Waals surface area contributed by atoms with Crippen LogP contribution < -0.4 is 4.90 Å². The molecule has 0 aliphatic heterocycles. The average Bonchev–Trinajstić information content (AvgIpc) is 3.08. The third kappa shape index (κ3) is 4.63. The molecular formula is C17H22F3N5S. The van der Waals surface area contributed by atoms with Crippen LogP contribution in [0, 0.1) is 10.7 Å². The highest BCUT2D eigenvalue weighted by Gasteiger charge is 2.27. The Morgan fingerprint density at radius 1 is 1.31 bits per heavy atom. The molecule has 9 heteroatoms. The standard InChI is InChI=1S/C17H22F3N5S/c1-25(16-14-6-8-22-15(14)23-11-24-16)13-4-2-12(3-5-13)10-26(21)9-7-17(18,19)20/h6-9,11-13,21H,2-5,10H2,1H3,(H,22,23,24)/b9-7+. The molecule has 3 rings (SSSR count). The van der Waals surface area contributed by atoms with E-state index in [0.717, 1.165) is 47.9 Å². The topological polar surface area (TPSA) is 68.7 Å². The molecule has 2 heterocycles. The van der Waals surface area contributed by atoms with E-state index in [1.165, 1.54) is 0 Å². The molecule has 1 fully saturated rings. The summed E-state index contributed by atoms with van der Waals surface area (Å²) in [6, 6.07) is 2.31. The predicted octanol–water partition coefficient (Wildman–Crippen LogP) is 4.41. The molecule has 26 heavy (non-hydrogen) atoms. The maximum Gasteiger partial charge on any atom is 0.410 e. The highest BCUT2D eigenvalue weighted by atomic mass is 32.2. The number of halogens is 3. The zero-order chi connectivity index (χ0) is 18.7. The molecule has 1 aliphatic rings. The Hall–Kier alpha value is -1.90. The van der Waals surface area contributed by atoms with Crippen molar-refractivity contribution in [3.63, 3.8) is 0 Å². The van der Waals surface area contributed by atoms with E-state index in [4.69, 9.17) is 4.78 Å². The van der Waals surface area contributed by atoms with Gasteiger partial charge >= 0.3 is 6.18 Å². The zero-order valence-corrected chi connectivity index (χ0v) is 15.3. The van der Waals surface area contributed by atoms with E-state index in [0.29, 0.717) is 17.7 Å². The SMILES string of the molecule is CN(c1ncnc2[nH]ccc12)C1CCC(CS(=N)/C=C/C(F)(F)F)CC1. The van der Waals surface area contributed by atoms with Crippen LogP contribution in [0.3, 0.4) is 0 Å². The normalized spacial score (nSPS) is 22.8. The van der Waals surface area contributed by atoms with Crippen molar-refractivity contribution in [3.05, 3.63) is 30.1 Å². The molecule has 0 radical (unpaired) electrons. The van der Waals surface area contributed by atoms with E-state index in [1.54, 1.807) is 6.33 Å². The molecule has 0 spiro atoms. The quantitative estimate of drug-likeness (QED) is 0.801. The van der Waals surface area contributed by atoms with E-state index >= 15 is 0 Å². The van der Waals surface area contributed by atoms with Crippen LogP contribution in [-0.4, -0.2) is 40.0 Å². The number of nitrogens with zero attached hydrogens (tertiary/aromatic N) is 3. The summed E-state index contributed by atoms with van der Waals surface area (Å²) >= 11 is 0. The van der Waals surface area contributed by atoms with Gasteiger partial charge < -0.3 is 9.88 Å². The van der Waals surface area contributed by atoms with Gasteiger partial charge in [0, 0.05) is 31.1 Å². The molecule has 1 aliphatic carbocycles. The third-order valence-electron chi connectivity index (χ3n) is 4.87. The van der Waals surface area contributed by atoms with E-state index in [9.17, 15) is 13.2 Å². The molecule has 0 amide bonds. The first kappa shape index (κ1) is 18.9. The van der Waals surface area contributed by atoms with Crippen molar-refractivity contribution in [3.8, 4) is 0 Å². The fourth-order valence-electron chi connectivity index (χ4n) is 3.48. The fourth-order valence-corrected chi connectivity index (χ4v) is 4.75. The molecule has 1 saturated carbocycles. The minimum atomic E-state index is -4.33. The van der Waals surface area contributed by atoms with Gasteiger partial charge in [-0.05, 0) is 43.1 Å². The number of aromatic nitrogens is 3. The summed E-state index contributed by atoms with van der Waals surface area (Å²) in [5.41, 5.74) is 0.810. The highest BCUT2D eigenvalue weighted by Crippen LogP contribution is 2.32. The van der Waals surface area contributed by atoms with Gasteiger partial charge in [0.05, 0.1) is 5.39 Å². The Labute approximate surface area is 152 Å². The Morgan fingerprint density at radius 2 is 2.04 bits per heavy atom. The average molecular weight is 385 g/mol. The fraction of sp³-hybridized carbons (Fsp3) is 0.529. The van der Waals surface area contributed by atoms with Gasteiger partial charge in [0.1, 0.15) is 17.8 Å². The molecule has 2 aromatic heterocycles. The van der Waals surface area contributed by atoms with Gasteiger partial charge in [0.15, 0.2) is 0 Å². The Morgan fingerprint density at radius 3 is 2.73 bits per heavy atom. The lowest BCUT2D eigenvalue weighted by Crippen LogP contribution is -2.36.